The standard InChI is InChI=1S/C8H18N2O/c1-7(9-2)5-8-6-11-4-3-10-8/h7-10H,3-6H2,1-2H3. The minimum Gasteiger partial charge on any atom is -0.379 e. The lowest BCUT2D eigenvalue weighted by Crippen LogP contribution is -2.44. The largest absolute Gasteiger partial charge is 0.379 e. The van der Waals surface area contributed by atoms with Crippen LogP contribution in [0.25, 0.3) is 0 Å². The highest BCUT2D eigenvalue weighted by atomic mass is 16.5. The molecule has 2 atom stereocenters. The van der Waals surface area contributed by atoms with Gasteiger partial charge in [0.15, 0.2) is 0 Å². The van der Waals surface area contributed by atoms with E-state index in [1.165, 1.54) is 0 Å². The molecule has 0 aromatic rings. The quantitative estimate of drug-likeness (QED) is 0.605. The Morgan fingerprint density at radius 3 is 3.09 bits per heavy atom. The number of hydrogen-bond acceptors (Lipinski definition) is 3. The molecule has 11 heavy (non-hydrogen) atoms. The van der Waals surface area contributed by atoms with Crippen LogP contribution < -0.4 is 10.6 Å². The van der Waals surface area contributed by atoms with E-state index in [2.05, 4.69) is 17.6 Å². The number of rotatable bonds is 3. The Labute approximate surface area is 68.5 Å². The van der Waals surface area contributed by atoms with Crippen molar-refractivity contribution in [1.82, 2.24) is 10.6 Å². The highest BCUT2D eigenvalue weighted by Crippen LogP contribution is 2.01. The van der Waals surface area contributed by atoms with Crippen molar-refractivity contribution in [2.75, 3.05) is 26.8 Å². The summed E-state index contributed by atoms with van der Waals surface area (Å²) in [4.78, 5) is 0. The molecular weight excluding hydrogens is 140 g/mol. The van der Waals surface area contributed by atoms with Gasteiger partial charge in [0.2, 0.25) is 0 Å². The Balaban J connectivity index is 2.13. The maximum atomic E-state index is 5.34. The molecule has 2 unspecified atom stereocenters. The predicted octanol–water partition coefficient (Wildman–Crippen LogP) is -0.0272. The molecule has 2 N–H and O–H groups in total. The van der Waals surface area contributed by atoms with Crippen molar-refractivity contribution in [1.29, 1.82) is 0 Å². The molecule has 3 nitrogen and oxygen atoms in total. The molecule has 0 aliphatic carbocycles. The Morgan fingerprint density at radius 1 is 1.73 bits per heavy atom. The second-order valence-electron chi connectivity index (χ2n) is 3.15. The van der Waals surface area contributed by atoms with Gasteiger partial charge in [-0.2, -0.15) is 0 Å². The van der Waals surface area contributed by atoms with Crippen LogP contribution >= 0.6 is 0 Å². The van der Waals surface area contributed by atoms with Crippen LogP contribution in [-0.2, 0) is 4.74 Å². The molecule has 1 heterocycles. The number of nitrogens with one attached hydrogen (secondary N) is 2. The molecule has 0 aromatic heterocycles. The Kier molecular flexibility index (Phi) is 3.83. The molecule has 0 bridgehead atoms. The number of ether oxygens (including phenoxy) is 1. The highest BCUT2D eigenvalue weighted by molar-refractivity contribution is 4.74. The molecule has 1 fully saturated rings. The van der Waals surface area contributed by atoms with Crippen molar-refractivity contribution in [3.8, 4) is 0 Å². The molecule has 0 amide bonds. The summed E-state index contributed by atoms with van der Waals surface area (Å²) in [6.07, 6.45) is 1.15. The van der Waals surface area contributed by atoms with E-state index in [0.717, 1.165) is 26.2 Å². The van der Waals surface area contributed by atoms with Gasteiger partial charge in [0.25, 0.3) is 0 Å². The first-order valence-electron chi connectivity index (χ1n) is 4.31. The van der Waals surface area contributed by atoms with Crippen LogP contribution in [0.15, 0.2) is 0 Å². The second-order valence-corrected chi connectivity index (χ2v) is 3.15. The summed E-state index contributed by atoms with van der Waals surface area (Å²) in [5.41, 5.74) is 0. The van der Waals surface area contributed by atoms with Crippen LogP contribution in [0.2, 0.25) is 0 Å². The van der Waals surface area contributed by atoms with E-state index in [9.17, 15) is 0 Å². The molecule has 1 saturated heterocycles. The van der Waals surface area contributed by atoms with Gasteiger partial charge in [-0.05, 0) is 20.4 Å². The summed E-state index contributed by atoms with van der Waals surface area (Å²) in [5, 5.41) is 6.64. The van der Waals surface area contributed by atoms with Crippen molar-refractivity contribution in [2.45, 2.75) is 25.4 Å². The fourth-order valence-electron chi connectivity index (χ4n) is 1.32. The van der Waals surface area contributed by atoms with Gasteiger partial charge in [-0.3, -0.25) is 0 Å². The third-order valence-electron chi connectivity index (χ3n) is 2.13. The minimum absolute atomic E-state index is 0.547. The van der Waals surface area contributed by atoms with Crippen molar-refractivity contribution >= 4 is 0 Å². The zero-order valence-corrected chi connectivity index (χ0v) is 7.39. The monoisotopic (exact) mass is 158 g/mol. The summed E-state index contributed by atoms with van der Waals surface area (Å²) < 4.78 is 5.34. The lowest BCUT2D eigenvalue weighted by molar-refractivity contribution is 0.0715. The molecule has 1 rings (SSSR count). The average Bonchev–Trinajstić information content (AvgIpc) is 2.06. The smallest absolute Gasteiger partial charge is 0.0620 e. The van der Waals surface area contributed by atoms with E-state index in [4.69, 9.17) is 4.74 Å². The molecule has 1 aliphatic heterocycles. The van der Waals surface area contributed by atoms with Crippen molar-refractivity contribution in [3.63, 3.8) is 0 Å². The second kappa shape index (κ2) is 4.70. The molecule has 0 saturated carbocycles. The zero-order chi connectivity index (χ0) is 8.10. The van der Waals surface area contributed by atoms with E-state index in [1.54, 1.807) is 0 Å². The van der Waals surface area contributed by atoms with Gasteiger partial charge in [-0.15, -0.1) is 0 Å². The third-order valence-corrected chi connectivity index (χ3v) is 2.13. The molecule has 3 heteroatoms. The van der Waals surface area contributed by atoms with Gasteiger partial charge >= 0.3 is 0 Å². The van der Waals surface area contributed by atoms with Crippen molar-refractivity contribution in [3.05, 3.63) is 0 Å². The van der Waals surface area contributed by atoms with Crippen molar-refractivity contribution < 1.29 is 4.74 Å². The predicted molar refractivity (Wildman–Crippen MR) is 45.7 cm³/mol. The van der Waals surface area contributed by atoms with Gasteiger partial charge in [-0.25, -0.2) is 0 Å². The zero-order valence-electron chi connectivity index (χ0n) is 7.39. The Bertz CT molecular complexity index is 102. The van der Waals surface area contributed by atoms with E-state index >= 15 is 0 Å². The SMILES string of the molecule is CNC(C)CC1COCCN1. The number of morpholine rings is 1. The summed E-state index contributed by atoms with van der Waals surface area (Å²) in [6.45, 7) is 4.92. The molecule has 0 radical (unpaired) electrons. The van der Waals surface area contributed by atoms with Crippen LogP contribution in [0.1, 0.15) is 13.3 Å². The fourth-order valence-corrected chi connectivity index (χ4v) is 1.32. The molecule has 0 aromatic carbocycles. The van der Waals surface area contributed by atoms with Gasteiger partial charge in [0.05, 0.1) is 13.2 Å². The van der Waals surface area contributed by atoms with Crippen LogP contribution in [-0.4, -0.2) is 38.9 Å². The summed E-state index contributed by atoms with van der Waals surface area (Å²) in [6, 6.07) is 1.13. The highest BCUT2D eigenvalue weighted by Gasteiger charge is 2.14. The van der Waals surface area contributed by atoms with Gasteiger partial charge in [0, 0.05) is 18.6 Å². The molecule has 1 aliphatic rings. The van der Waals surface area contributed by atoms with E-state index in [0.29, 0.717) is 12.1 Å². The van der Waals surface area contributed by atoms with Crippen LogP contribution in [0.4, 0.5) is 0 Å². The number of hydrogen-bond donors (Lipinski definition) is 2. The van der Waals surface area contributed by atoms with Gasteiger partial charge < -0.3 is 15.4 Å². The maximum Gasteiger partial charge on any atom is 0.0620 e. The van der Waals surface area contributed by atoms with Gasteiger partial charge in [0.1, 0.15) is 0 Å². The van der Waals surface area contributed by atoms with Crippen molar-refractivity contribution in [2.24, 2.45) is 0 Å². The molecule has 0 spiro atoms. The van der Waals surface area contributed by atoms with Crippen LogP contribution in [0.5, 0.6) is 0 Å². The van der Waals surface area contributed by atoms with Crippen LogP contribution in [0, 0.1) is 0 Å². The Morgan fingerprint density at radius 2 is 2.55 bits per heavy atom. The minimum atomic E-state index is 0.547. The first-order chi connectivity index (χ1) is 5.33. The van der Waals surface area contributed by atoms with E-state index < -0.39 is 0 Å². The maximum absolute atomic E-state index is 5.34. The van der Waals surface area contributed by atoms with E-state index in [-0.39, 0.29) is 0 Å². The topological polar surface area (TPSA) is 33.3 Å². The normalized spacial score (nSPS) is 28.4. The molecule has 66 valence electrons. The summed E-state index contributed by atoms with van der Waals surface area (Å²) >= 11 is 0. The Hall–Kier alpha value is -0.120. The summed E-state index contributed by atoms with van der Waals surface area (Å²) in [7, 11) is 1.99. The summed E-state index contributed by atoms with van der Waals surface area (Å²) in [5.74, 6) is 0. The lowest BCUT2D eigenvalue weighted by Gasteiger charge is -2.26. The lowest BCUT2D eigenvalue weighted by atomic mass is 10.1. The molecular formula is C8H18N2O. The fraction of sp³-hybridized carbons (Fsp3) is 1.00. The van der Waals surface area contributed by atoms with E-state index in [1.807, 2.05) is 7.05 Å². The first-order valence-corrected chi connectivity index (χ1v) is 4.31. The van der Waals surface area contributed by atoms with Crippen LogP contribution in [0.3, 0.4) is 0 Å². The third kappa shape index (κ3) is 3.18. The average molecular weight is 158 g/mol. The first kappa shape index (κ1) is 8.97. The van der Waals surface area contributed by atoms with Gasteiger partial charge in [-0.1, -0.05) is 0 Å².